The molecule has 1 heterocycles. The maximum absolute atomic E-state index is 12.1. The molecule has 0 aliphatic rings. The number of pyridine rings is 1. The number of nitriles is 1. The Morgan fingerprint density at radius 1 is 1.17 bits per heavy atom. The van der Waals surface area contributed by atoms with Gasteiger partial charge in [-0.25, -0.2) is 5.84 Å². The molecule has 3 rings (SSSR count). The number of benzene rings is 2. The third kappa shape index (κ3) is 2.46. The Morgan fingerprint density at radius 2 is 1.91 bits per heavy atom. The molecule has 0 saturated carbocycles. The van der Waals surface area contributed by atoms with Crippen LogP contribution in [0.25, 0.3) is 22.0 Å². The van der Waals surface area contributed by atoms with Crippen molar-refractivity contribution in [1.82, 2.24) is 10.4 Å². The van der Waals surface area contributed by atoms with E-state index in [4.69, 9.17) is 11.1 Å². The topological polar surface area (TPSA) is 112 Å². The first-order valence-electron chi connectivity index (χ1n) is 6.82. The van der Waals surface area contributed by atoms with Crippen LogP contribution in [0.5, 0.6) is 0 Å². The molecule has 112 valence electrons. The smallest absolute Gasteiger partial charge is 0.267 e. The Bertz CT molecular complexity index is 1010. The number of hydrogen-bond acceptors (Lipinski definition) is 4. The molecule has 6 heteroatoms. The quantitative estimate of drug-likeness (QED) is 0.380. The number of carbonyl (C=O) groups excluding carboxylic acids is 1. The fourth-order valence-corrected chi connectivity index (χ4v) is 2.53. The van der Waals surface area contributed by atoms with Crippen molar-refractivity contribution in [2.45, 2.75) is 0 Å². The number of hydrazine groups is 1. The summed E-state index contributed by atoms with van der Waals surface area (Å²) < 4.78 is 0. The summed E-state index contributed by atoms with van der Waals surface area (Å²) in [5.41, 5.74) is 2.22. The molecule has 0 atom stereocenters. The molecule has 0 unspecified atom stereocenters. The SMILES string of the molecule is N#Cc1c(C(=O)NN)cc(-c2cccc3ccccc23)[nH]c1=O. The van der Waals surface area contributed by atoms with Gasteiger partial charge < -0.3 is 4.98 Å². The average Bonchev–Trinajstić information content (AvgIpc) is 2.59. The summed E-state index contributed by atoms with van der Waals surface area (Å²) in [6.45, 7) is 0. The van der Waals surface area contributed by atoms with Gasteiger partial charge in [0.15, 0.2) is 0 Å². The minimum Gasteiger partial charge on any atom is -0.321 e. The first-order valence-corrected chi connectivity index (χ1v) is 6.82. The van der Waals surface area contributed by atoms with Crippen LogP contribution in [0.2, 0.25) is 0 Å². The lowest BCUT2D eigenvalue weighted by atomic mass is 9.99. The number of rotatable bonds is 2. The predicted octanol–water partition coefficient (Wildman–Crippen LogP) is 1.67. The second kappa shape index (κ2) is 5.75. The molecule has 0 fully saturated rings. The van der Waals surface area contributed by atoms with Crippen LogP contribution in [0.3, 0.4) is 0 Å². The highest BCUT2D eigenvalue weighted by Crippen LogP contribution is 2.27. The Kier molecular flexibility index (Phi) is 3.63. The van der Waals surface area contributed by atoms with E-state index in [9.17, 15) is 9.59 Å². The normalized spacial score (nSPS) is 10.3. The molecule has 0 spiro atoms. The number of aromatic amines is 1. The molecular weight excluding hydrogens is 292 g/mol. The van der Waals surface area contributed by atoms with Gasteiger partial charge in [-0.1, -0.05) is 42.5 Å². The Labute approximate surface area is 131 Å². The van der Waals surface area contributed by atoms with Gasteiger partial charge in [0.2, 0.25) is 0 Å². The highest BCUT2D eigenvalue weighted by molar-refractivity contribution is 6.00. The molecule has 1 amide bonds. The zero-order valence-corrected chi connectivity index (χ0v) is 12.0. The predicted molar refractivity (Wildman–Crippen MR) is 86.4 cm³/mol. The molecule has 6 nitrogen and oxygen atoms in total. The summed E-state index contributed by atoms with van der Waals surface area (Å²) in [6, 6.07) is 16.5. The van der Waals surface area contributed by atoms with E-state index in [-0.39, 0.29) is 11.1 Å². The lowest BCUT2D eigenvalue weighted by Crippen LogP contribution is -2.32. The zero-order chi connectivity index (χ0) is 16.4. The van der Waals surface area contributed by atoms with E-state index in [1.165, 1.54) is 6.07 Å². The highest BCUT2D eigenvalue weighted by Gasteiger charge is 2.17. The number of nitrogens with one attached hydrogen (secondary N) is 2. The molecule has 0 saturated heterocycles. The minimum atomic E-state index is -0.686. The van der Waals surface area contributed by atoms with E-state index in [2.05, 4.69) is 4.98 Å². The second-order valence-electron chi connectivity index (χ2n) is 4.91. The maximum Gasteiger partial charge on any atom is 0.267 e. The number of hydrogen-bond donors (Lipinski definition) is 3. The van der Waals surface area contributed by atoms with Crippen molar-refractivity contribution in [1.29, 1.82) is 5.26 Å². The highest BCUT2D eigenvalue weighted by atomic mass is 16.2. The third-order valence-corrected chi connectivity index (χ3v) is 3.60. The van der Waals surface area contributed by atoms with Crippen LogP contribution < -0.4 is 16.8 Å². The monoisotopic (exact) mass is 304 g/mol. The van der Waals surface area contributed by atoms with Gasteiger partial charge in [0.05, 0.1) is 5.56 Å². The zero-order valence-electron chi connectivity index (χ0n) is 12.0. The first-order chi connectivity index (χ1) is 11.2. The molecule has 2 aromatic carbocycles. The molecule has 4 N–H and O–H groups in total. The van der Waals surface area contributed by atoms with E-state index in [0.717, 1.165) is 16.3 Å². The van der Waals surface area contributed by atoms with Gasteiger partial charge in [0, 0.05) is 11.3 Å². The van der Waals surface area contributed by atoms with Crippen molar-refractivity contribution in [3.8, 4) is 17.3 Å². The van der Waals surface area contributed by atoms with Crippen molar-refractivity contribution >= 4 is 16.7 Å². The van der Waals surface area contributed by atoms with Gasteiger partial charge >= 0.3 is 0 Å². The first kappa shape index (κ1) is 14.5. The van der Waals surface area contributed by atoms with Gasteiger partial charge in [-0.2, -0.15) is 5.26 Å². The van der Waals surface area contributed by atoms with Gasteiger partial charge in [-0.05, 0) is 16.8 Å². The third-order valence-electron chi connectivity index (χ3n) is 3.60. The summed E-state index contributed by atoms with van der Waals surface area (Å²) in [7, 11) is 0. The molecule has 0 bridgehead atoms. The minimum absolute atomic E-state index is 0.0540. The number of aromatic nitrogens is 1. The van der Waals surface area contributed by atoms with Crippen LogP contribution in [0.4, 0.5) is 0 Å². The largest absolute Gasteiger partial charge is 0.321 e. The second-order valence-corrected chi connectivity index (χ2v) is 4.91. The maximum atomic E-state index is 12.1. The summed E-state index contributed by atoms with van der Waals surface area (Å²) >= 11 is 0. The number of H-pyrrole nitrogens is 1. The number of fused-ring (bicyclic) bond motifs is 1. The van der Waals surface area contributed by atoms with E-state index >= 15 is 0 Å². The van der Waals surface area contributed by atoms with Crippen LogP contribution in [0, 0.1) is 11.3 Å². The van der Waals surface area contributed by atoms with Crippen LogP contribution >= 0.6 is 0 Å². The molecule has 23 heavy (non-hydrogen) atoms. The standard InChI is InChI=1S/C17H12N4O2/c18-9-14-13(17(23)21-19)8-15(20-16(14)22)12-7-3-5-10-4-1-2-6-11(10)12/h1-8H,19H2,(H,20,22)(H,21,23). The number of amides is 1. The lowest BCUT2D eigenvalue weighted by Gasteiger charge is -2.09. The molecule has 1 aromatic heterocycles. The number of nitrogens with zero attached hydrogens (tertiary/aromatic N) is 1. The van der Waals surface area contributed by atoms with Crippen molar-refractivity contribution in [3.05, 3.63) is 70.0 Å². The van der Waals surface area contributed by atoms with Gasteiger partial charge in [0.25, 0.3) is 11.5 Å². The molecule has 0 aliphatic carbocycles. The van der Waals surface area contributed by atoms with Crippen LogP contribution in [0.1, 0.15) is 15.9 Å². The van der Waals surface area contributed by atoms with Crippen molar-refractivity contribution in [3.63, 3.8) is 0 Å². The number of nitrogens with two attached hydrogens (primary N) is 1. The van der Waals surface area contributed by atoms with Gasteiger partial charge in [-0.3, -0.25) is 15.0 Å². The van der Waals surface area contributed by atoms with Crippen molar-refractivity contribution in [2.24, 2.45) is 5.84 Å². The average molecular weight is 304 g/mol. The van der Waals surface area contributed by atoms with E-state index in [1.54, 1.807) is 6.07 Å². The Morgan fingerprint density at radius 3 is 2.65 bits per heavy atom. The fraction of sp³-hybridized carbons (Fsp3) is 0. The van der Waals surface area contributed by atoms with E-state index < -0.39 is 11.5 Å². The number of carbonyl (C=O) groups is 1. The van der Waals surface area contributed by atoms with E-state index in [0.29, 0.717) is 5.69 Å². The van der Waals surface area contributed by atoms with Crippen molar-refractivity contribution in [2.75, 3.05) is 0 Å². The summed E-state index contributed by atoms with van der Waals surface area (Å²) in [4.78, 5) is 26.6. The van der Waals surface area contributed by atoms with Crippen molar-refractivity contribution < 1.29 is 4.79 Å². The fourth-order valence-electron chi connectivity index (χ4n) is 2.53. The molecule has 3 aromatic rings. The van der Waals surface area contributed by atoms with Crippen LogP contribution in [-0.4, -0.2) is 10.9 Å². The van der Waals surface area contributed by atoms with Gasteiger partial charge in [-0.15, -0.1) is 0 Å². The molecular formula is C17H12N4O2. The lowest BCUT2D eigenvalue weighted by molar-refractivity contribution is 0.0953. The Hall–Kier alpha value is -3.43. The summed E-state index contributed by atoms with van der Waals surface area (Å²) in [6.07, 6.45) is 0. The number of nitrogen functional groups attached to an aromatic ring is 1. The van der Waals surface area contributed by atoms with Gasteiger partial charge in [0.1, 0.15) is 11.6 Å². The molecule has 0 radical (unpaired) electrons. The van der Waals surface area contributed by atoms with Crippen LogP contribution in [-0.2, 0) is 0 Å². The molecule has 0 aliphatic heterocycles. The summed E-state index contributed by atoms with van der Waals surface area (Å²) in [5.74, 6) is 4.45. The van der Waals surface area contributed by atoms with E-state index in [1.807, 2.05) is 47.9 Å². The Balaban J connectivity index is 2.33. The van der Waals surface area contributed by atoms with Crippen LogP contribution in [0.15, 0.2) is 53.3 Å². The summed E-state index contributed by atoms with van der Waals surface area (Å²) in [5, 5.41) is 11.0.